The van der Waals surface area contributed by atoms with Crippen molar-refractivity contribution in [2.24, 2.45) is 11.8 Å². The highest BCUT2D eigenvalue weighted by Crippen LogP contribution is 2.33. The van der Waals surface area contributed by atoms with Gasteiger partial charge in [0, 0.05) is 6.04 Å². The largest absolute Gasteiger partial charge is 0.391 e. The zero-order valence-electron chi connectivity index (χ0n) is 11.6. The van der Waals surface area contributed by atoms with Crippen molar-refractivity contribution in [1.82, 2.24) is 4.90 Å². The van der Waals surface area contributed by atoms with Gasteiger partial charge >= 0.3 is 0 Å². The fraction of sp³-hybridized carbons (Fsp3) is 1.00. The highest BCUT2D eigenvalue weighted by Gasteiger charge is 2.34. The third-order valence-electron chi connectivity index (χ3n) is 4.87. The molecule has 1 heterocycles. The molecule has 1 saturated carbocycles. The molecule has 0 aromatic rings. The van der Waals surface area contributed by atoms with E-state index in [1.807, 2.05) is 0 Å². The predicted molar refractivity (Wildman–Crippen MR) is 72.0 cm³/mol. The Morgan fingerprint density at radius 2 is 1.65 bits per heavy atom. The molecule has 2 aliphatic rings. The minimum atomic E-state index is -0.0666. The van der Waals surface area contributed by atoms with E-state index in [1.54, 1.807) is 0 Å². The predicted octanol–water partition coefficient (Wildman–Crippen LogP) is 3.05. The van der Waals surface area contributed by atoms with Crippen LogP contribution in [0.25, 0.3) is 0 Å². The molecule has 2 heteroatoms. The highest BCUT2D eigenvalue weighted by molar-refractivity contribution is 4.88. The van der Waals surface area contributed by atoms with Crippen LogP contribution in [0.5, 0.6) is 0 Å². The maximum Gasteiger partial charge on any atom is 0.0695 e. The molecule has 0 aromatic heterocycles. The van der Waals surface area contributed by atoms with Gasteiger partial charge in [0.25, 0.3) is 0 Å². The van der Waals surface area contributed by atoms with Gasteiger partial charge in [-0.2, -0.15) is 0 Å². The summed E-state index contributed by atoms with van der Waals surface area (Å²) in [5, 5.41) is 10.3. The summed E-state index contributed by atoms with van der Waals surface area (Å²) in [6.07, 6.45) is 8.82. The first-order valence-electron chi connectivity index (χ1n) is 7.60. The van der Waals surface area contributed by atoms with Crippen molar-refractivity contribution in [2.45, 2.75) is 70.9 Å². The highest BCUT2D eigenvalue weighted by atomic mass is 16.3. The van der Waals surface area contributed by atoms with E-state index in [9.17, 15) is 5.11 Å². The molecule has 0 spiro atoms. The second-order valence-electron chi connectivity index (χ2n) is 6.40. The Morgan fingerprint density at radius 3 is 2.24 bits per heavy atom. The van der Waals surface area contributed by atoms with E-state index in [0.717, 1.165) is 18.3 Å². The molecule has 0 radical (unpaired) electrons. The van der Waals surface area contributed by atoms with Crippen molar-refractivity contribution < 1.29 is 5.11 Å². The smallest absolute Gasteiger partial charge is 0.0695 e. The van der Waals surface area contributed by atoms with Gasteiger partial charge in [-0.3, -0.25) is 4.90 Å². The normalized spacial score (nSPS) is 37.1. The van der Waals surface area contributed by atoms with E-state index in [-0.39, 0.29) is 6.10 Å². The molecule has 0 amide bonds. The second-order valence-corrected chi connectivity index (χ2v) is 6.40. The summed E-state index contributed by atoms with van der Waals surface area (Å²) in [4.78, 5) is 2.59. The summed E-state index contributed by atoms with van der Waals surface area (Å²) < 4.78 is 0. The molecule has 2 rings (SSSR count). The number of hydrogen-bond acceptors (Lipinski definition) is 2. The van der Waals surface area contributed by atoms with E-state index in [2.05, 4.69) is 18.7 Å². The van der Waals surface area contributed by atoms with Gasteiger partial charge in [-0.1, -0.05) is 26.7 Å². The fourth-order valence-electron chi connectivity index (χ4n) is 3.59. The first kappa shape index (κ1) is 13.4. The minimum absolute atomic E-state index is 0.0666. The lowest BCUT2D eigenvalue weighted by molar-refractivity contribution is -0.00317. The van der Waals surface area contributed by atoms with Crippen LogP contribution in [-0.4, -0.2) is 35.2 Å². The van der Waals surface area contributed by atoms with Crippen LogP contribution in [0.4, 0.5) is 0 Å². The van der Waals surface area contributed by atoms with Gasteiger partial charge in [0.2, 0.25) is 0 Å². The maximum absolute atomic E-state index is 10.3. The Balaban J connectivity index is 1.95. The lowest BCUT2D eigenvalue weighted by Gasteiger charge is -2.41. The molecule has 0 aromatic carbocycles. The van der Waals surface area contributed by atoms with Gasteiger partial charge in [0.15, 0.2) is 0 Å². The Labute approximate surface area is 106 Å². The van der Waals surface area contributed by atoms with Crippen LogP contribution in [0, 0.1) is 11.8 Å². The van der Waals surface area contributed by atoms with E-state index >= 15 is 0 Å². The van der Waals surface area contributed by atoms with Crippen LogP contribution >= 0.6 is 0 Å². The molecular weight excluding hydrogens is 210 g/mol. The average Bonchev–Trinajstić information content (AvgIpc) is 2.58. The van der Waals surface area contributed by atoms with Crippen LogP contribution in [0.15, 0.2) is 0 Å². The van der Waals surface area contributed by atoms with Gasteiger partial charge in [-0.15, -0.1) is 0 Å². The summed E-state index contributed by atoms with van der Waals surface area (Å²) in [6, 6.07) is 0.453. The standard InChI is InChI=1S/C15H29NO/c1-12(2)13-7-8-15(17)14(11-13)16-9-5-3-4-6-10-16/h12-15,17H,3-11H2,1-2H3. The molecule has 1 N–H and O–H groups in total. The molecule has 2 nitrogen and oxygen atoms in total. The van der Waals surface area contributed by atoms with Gasteiger partial charge in [0.1, 0.15) is 0 Å². The van der Waals surface area contributed by atoms with Crippen molar-refractivity contribution in [2.75, 3.05) is 13.1 Å². The van der Waals surface area contributed by atoms with Crippen LogP contribution in [0.2, 0.25) is 0 Å². The van der Waals surface area contributed by atoms with Crippen molar-refractivity contribution in [3.63, 3.8) is 0 Å². The Bertz CT molecular complexity index is 221. The van der Waals surface area contributed by atoms with Gasteiger partial charge in [0.05, 0.1) is 6.10 Å². The zero-order chi connectivity index (χ0) is 12.3. The molecule has 0 bridgehead atoms. The molecule has 17 heavy (non-hydrogen) atoms. The van der Waals surface area contributed by atoms with E-state index in [0.29, 0.717) is 6.04 Å². The van der Waals surface area contributed by atoms with E-state index in [4.69, 9.17) is 0 Å². The lowest BCUT2D eigenvalue weighted by atomic mass is 9.77. The molecule has 1 saturated heterocycles. The van der Waals surface area contributed by atoms with Crippen LogP contribution < -0.4 is 0 Å². The topological polar surface area (TPSA) is 23.5 Å². The molecule has 3 unspecified atom stereocenters. The molecule has 1 aliphatic heterocycles. The van der Waals surface area contributed by atoms with E-state index in [1.165, 1.54) is 51.6 Å². The third-order valence-corrected chi connectivity index (χ3v) is 4.87. The van der Waals surface area contributed by atoms with Gasteiger partial charge < -0.3 is 5.11 Å². The Kier molecular flexibility index (Phi) is 4.87. The maximum atomic E-state index is 10.3. The zero-order valence-corrected chi connectivity index (χ0v) is 11.6. The van der Waals surface area contributed by atoms with Crippen molar-refractivity contribution in [1.29, 1.82) is 0 Å². The molecular formula is C15H29NO. The van der Waals surface area contributed by atoms with Crippen LogP contribution in [-0.2, 0) is 0 Å². The number of aliphatic hydroxyl groups excluding tert-OH is 1. The number of aliphatic hydroxyl groups is 1. The van der Waals surface area contributed by atoms with Crippen LogP contribution in [0.3, 0.4) is 0 Å². The van der Waals surface area contributed by atoms with E-state index < -0.39 is 0 Å². The molecule has 2 fully saturated rings. The summed E-state index contributed by atoms with van der Waals surface area (Å²) in [7, 11) is 0. The van der Waals surface area contributed by atoms with Crippen molar-refractivity contribution in [3.05, 3.63) is 0 Å². The monoisotopic (exact) mass is 239 g/mol. The molecule has 1 aliphatic carbocycles. The molecule has 100 valence electrons. The van der Waals surface area contributed by atoms with Crippen LogP contribution in [0.1, 0.15) is 58.8 Å². The summed E-state index contributed by atoms with van der Waals surface area (Å²) in [5.74, 6) is 1.60. The number of hydrogen-bond donors (Lipinski definition) is 1. The van der Waals surface area contributed by atoms with Crippen molar-refractivity contribution in [3.8, 4) is 0 Å². The minimum Gasteiger partial charge on any atom is -0.391 e. The number of nitrogens with zero attached hydrogens (tertiary/aromatic N) is 1. The SMILES string of the molecule is CC(C)C1CCC(O)C(N2CCCCCC2)C1. The lowest BCUT2D eigenvalue weighted by Crippen LogP contribution is -2.48. The third kappa shape index (κ3) is 3.45. The quantitative estimate of drug-likeness (QED) is 0.800. The average molecular weight is 239 g/mol. The summed E-state index contributed by atoms with van der Waals surface area (Å²) in [5.41, 5.74) is 0. The Morgan fingerprint density at radius 1 is 1.00 bits per heavy atom. The first-order chi connectivity index (χ1) is 8.18. The Hall–Kier alpha value is -0.0800. The number of rotatable bonds is 2. The summed E-state index contributed by atoms with van der Waals surface area (Å²) >= 11 is 0. The van der Waals surface area contributed by atoms with Crippen molar-refractivity contribution >= 4 is 0 Å². The fourth-order valence-corrected chi connectivity index (χ4v) is 3.59. The van der Waals surface area contributed by atoms with Gasteiger partial charge in [-0.25, -0.2) is 0 Å². The number of likely N-dealkylation sites (tertiary alicyclic amines) is 1. The summed E-state index contributed by atoms with van der Waals surface area (Å²) in [6.45, 7) is 7.10. The second kappa shape index (κ2) is 6.19. The van der Waals surface area contributed by atoms with Gasteiger partial charge in [-0.05, 0) is 57.0 Å². The molecule has 3 atom stereocenters. The first-order valence-corrected chi connectivity index (χ1v) is 7.60.